The van der Waals surface area contributed by atoms with Crippen LogP contribution in [0.4, 0.5) is 0 Å². The molecule has 1 saturated heterocycles. The Labute approximate surface area is 131 Å². The zero-order chi connectivity index (χ0) is 15.2. The maximum atomic E-state index is 5.99. The average molecular weight is 300 g/mol. The fourth-order valence-electron chi connectivity index (χ4n) is 2.93. The summed E-state index contributed by atoms with van der Waals surface area (Å²) < 4.78 is 8.25. The topological polar surface area (TPSA) is 43.2 Å². The van der Waals surface area contributed by atoms with Gasteiger partial charge in [0.2, 0.25) is 0 Å². The van der Waals surface area contributed by atoms with Crippen molar-refractivity contribution in [2.75, 3.05) is 13.1 Å². The second kappa shape index (κ2) is 7.40. The quantitative estimate of drug-likeness (QED) is 0.823. The van der Waals surface area contributed by atoms with E-state index >= 15 is 0 Å². The Hall–Kier alpha value is -1.88. The number of pyridine rings is 1. The molecule has 118 valence electrons. The first-order valence-electron chi connectivity index (χ1n) is 8.14. The number of hydrogen-bond acceptors (Lipinski definition) is 4. The molecule has 0 saturated carbocycles. The largest absolute Gasteiger partial charge is 0.489 e. The Bertz CT molecular complexity index is 561. The number of nitrogens with zero attached hydrogens (tertiary/aromatic N) is 4. The lowest BCUT2D eigenvalue weighted by Gasteiger charge is -2.31. The second-order valence-electron chi connectivity index (χ2n) is 5.82. The highest BCUT2D eigenvalue weighted by molar-refractivity contribution is 5.15. The van der Waals surface area contributed by atoms with Crippen LogP contribution in [0.15, 0.2) is 36.9 Å². The standard InChI is InChI=1S/C17H24N4O/c1-2-9-21-12-8-19-17(21)14-20-10-5-15(6-11-20)22-16-4-3-7-18-13-16/h3-4,7-8,12-13,15H,2,5-6,9-11,14H2,1H3. The van der Waals surface area contributed by atoms with Crippen molar-refractivity contribution < 1.29 is 4.74 Å². The molecule has 3 heterocycles. The first kappa shape index (κ1) is 15.0. The van der Waals surface area contributed by atoms with Crippen molar-refractivity contribution in [2.24, 2.45) is 0 Å². The number of imidazole rings is 1. The Morgan fingerprint density at radius 2 is 2.14 bits per heavy atom. The van der Waals surface area contributed by atoms with E-state index in [0.717, 1.165) is 51.2 Å². The van der Waals surface area contributed by atoms with Gasteiger partial charge in [0.05, 0.1) is 12.7 Å². The number of ether oxygens (including phenoxy) is 1. The fraction of sp³-hybridized carbons (Fsp3) is 0.529. The predicted octanol–water partition coefficient (Wildman–Crippen LogP) is 2.73. The van der Waals surface area contributed by atoms with E-state index < -0.39 is 0 Å². The van der Waals surface area contributed by atoms with Crippen molar-refractivity contribution in [3.63, 3.8) is 0 Å². The van der Waals surface area contributed by atoms with Crippen molar-refractivity contribution in [3.8, 4) is 5.75 Å². The molecule has 1 fully saturated rings. The van der Waals surface area contributed by atoms with E-state index in [-0.39, 0.29) is 0 Å². The Morgan fingerprint density at radius 1 is 1.27 bits per heavy atom. The average Bonchev–Trinajstić information content (AvgIpc) is 2.98. The molecule has 0 amide bonds. The van der Waals surface area contributed by atoms with E-state index in [9.17, 15) is 0 Å². The molecule has 2 aromatic rings. The summed E-state index contributed by atoms with van der Waals surface area (Å²) in [4.78, 5) is 11.1. The lowest BCUT2D eigenvalue weighted by Crippen LogP contribution is -2.38. The monoisotopic (exact) mass is 300 g/mol. The van der Waals surface area contributed by atoms with Gasteiger partial charge in [-0.3, -0.25) is 9.88 Å². The second-order valence-corrected chi connectivity index (χ2v) is 5.82. The molecule has 0 aromatic carbocycles. The third-order valence-electron chi connectivity index (χ3n) is 4.10. The molecule has 0 unspecified atom stereocenters. The molecule has 0 bridgehead atoms. The van der Waals surface area contributed by atoms with E-state index in [4.69, 9.17) is 4.74 Å². The lowest BCUT2D eigenvalue weighted by molar-refractivity contribution is 0.0944. The number of aromatic nitrogens is 3. The summed E-state index contributed by atoms with van der Waals surface area (Å²) >= 11 is 0. The van der Waals surface area contributed by atoms with Crippen molar-refractivity contribution in [3.05, 3.63) is 42.7 Å². The van der Waals surface area contributed by atoms with Crippen LogP contribution in [0.25, 0.3) is 0 Å². The van der Waals surface area contributed by atoms with E-state index in [1.165, 1.54) is 5.82 Å². The van der Waals surface area contributed by atoms with E-state index in [1.54, 1.807) is 12.4 Å². The molecule has 0 N–H and O–H groups in total. The number of hydrogen-bond donors (Lipinski definition) is 0. The van der Waals surface area contributed by atoms with Gasteiger partial charge in [-0.25, -0.2) is 4.98 Å². The minimum absolute atomic E-state index is 0.302. The van der Waals surface area contributed by atoms with Gasteiger partial charge < -0.3 is 9.30 Å². The molecule has 0 aliphatic carbocycles. The van der Waals surface area contributed by atoms with Crippen LogP contribution in [-0.4, -0.2) is 38.6 Å². The Balaban J connectivity index is 1.48. The summed E-state index contributed by atoms with van der Waals surface area (Å²) in [5.41, 5.74) is 0. The van der Waals surface area contributed by atoms with Gasteiger partial charge in [-0.2, -0.15) is 0 Å². The highest BCUT2D eigenvalue weighted by Gasteiger charge is 2.21. The number of aryl methyl sites for hydroxylation is 1. The van der Waals surface area contributed by atoms with E-state index in [2.05, 4.69) is 32.6 Å². The summed E-state index contributed by atoms with van der Waals surface area (Å²) in [5.74, 6) is 2.05. The van der Waals surface area contributed by atoms with Gasteiger partial charge in [0.25, 0.3) is 0 Å². The fourth-order valence-corrected chi connectivity index (χ4v) is 2.93. The predicted molar refractivity (Wildman–Crippen MR) is 85.7 cm³/mol. The molecule has 3 rings (SSSR count). The first-order chi connectivity index (χ1) is 10.8. The first-order valence-corrected chi connectivity index (χ1v) is 8.14. The van der Waals surface area contributed by atoms with Gasteiger partial charge in [0, 0.05) is 38.2 Å². The Morgan fingerprint density at radius 3 is 2.86 bits per heavy atom. The van der Waals surface area contributed by atoms with Gasteiger partial charge in [-0.1, -0.05) is 6.92 Å². The molecule has 5 heteroatoms. The van der Waals surface area contributed by atoms with Crippen LogP contribution in [0, 0.1) is 0 Å². The van der Waals surface area contributed by atoms with Crippen LogP contribution in [-0.2, 0) is 13.1 Å². The van der Waals surface area contributed by atoms with Crippen LogP contribution < -0.4 is 4.74 Å². The van der Waals surface area contributed by atoms with E-state index in [1.807, 2.05) is 18.3 Å². The minimum atomic E-state index is 0.302. The highest BCUT2D eigenvalue weighted by atomic mass is 16.5. The van der Waals surface area contributed by atoms with Crippen LogP contribution >= 0.6 is 0 Å². The SMILES string of the molecule is CCCn1ccnc1CN1CCC(Oc2cccnc2)CC1. The molecule has 22 heavy (non-hydrogen) atoms. The van der Waals surface area contributed by atoms with Crippen molar-refractivity contribution >= 4 is 0 Å². The summed E-state index contributed by atoms with van der Waals surface area (Å²) in [7, 11) is 0. The third kappa shape index (κ3) is 3.85. The molecule has 0 radical (unpaired) electrons. The maximum Gasteiger partial charge on any atom is 0.137 e. The highest BCUT2D eigenvalue weighted by Crippen LogP contribution is 2.19. The molecule has 0 spiro atoms. The lowest BCUT2D eigenvalue weighted by atomic mass is 10.1. The van der Waals surface area contributed by atoms with Gasteiger partial charge in [-0.05, 0) is 31.4 Å². The normalized spacial score (nSPS) is 16.8. The van der Waals surface area contributed by atoms with Gasteiger partial charge in [-0.15, -0.1) is 0 Å². The molecule has 0 atom stereocenters. The van der Waals surface area contributed by atoms with Crippen LogP contribution in [0.1, 0.15) is 32.0 Å². The van der Waals surface area contributed by atoms with Crippen LogP contribution in [0.2, 0.25) is 0 Å². The van der Waals surface area contributed by atoms with Crippen molar-refractivity contribution in [1.29, 1.82) is 0 Å². The summed E-state index contributed by atoms with van der Waals surface area (Å²) in [6.07, 6.45) is 11.1. The number of rotatable bonds is 6. The molecule has 2 aromatic heterocycles. The zero-order valence-corrected chi connectivity index (χ0v) is 13.2. The molecule has 1 aliphatic rings. The van der Waals surface area contributed by atoms with Crippen LogP contribution in [0.3, 0.4) is 0 Å². The maximum absolute atomic E-state index is 5.99. The Kier molecular flexibility index (Phi) is 5.06. The molecular weight excluding hydrogens is 276 g/mol. The molecule has 5 nitrogen and oxygen atoms in total. The smallest absolute Gasteiger partial charge is 0.137 e. The van der Waals surface area contributed by atoms with Gasteiger partial charge in [0.1, 0.15) is 17.7 Å². The molecule has 1 aliphatic heterocycles. The molecular formula is C17H24N4O. The summed E-state index contributed by atoms with van der Waals surface area (Å²) in [5, 5.41) is 0. The van der Waals surface area contributed by atoms with Crippen molar-refractivity contribution in [1.82, 2.24) is 19.4 Å². The summed E-state index contributed by atoms with van der Waals surface area (Å²) in [6, 6.07) is 3.89. The number of likely N-dealkylation sites (tertiary alicyclic amines) is 1. The number of piperidine rings is 1. The van der Waals surface area contributed by atoms with Gasteiger partial charge >= 0.3 is 0 Å². The zero-order valence-electron chi connectivity index (χ0n) is 13.2. The van der Waals surface area contributed by atoms with Gasteiger partial charge in [0.15, 0.2) is 0 Å². The third-order valence-corrected chi connectivity index (χ3v) is 4.10. The summed E-state index contributed by atoms with van der Waals surface area (Å²) in [6.45, 7) is 6.31. The minimum Gasteiger partial charge on any atom is -0.489 e. The van der Waals surface area contributed by atoms with E-state index in [0.29, 0.717) is 6.10 Å². The van der Waals surface area contributed by atoms with Crippen molar-refractivity contribution in [2.45, 2.75) is 45.4 Å². The van der Waals surface area contributed by atoms with Crippen LogP contribution in [0.5, 0.6) is 5.75 Å².